The molecule has 1 atom stereocenters. The third-order valence-electron chi connectivity index (χ3n) is 6.43. The summed E-state index contributed by atoms with van der Waals surface area (Å²) in [4.78, 5) is 24.8. The highest BCUT2D eigenvalue weighted by molar-refractivity contribution is 6.01. The lowest BCUT2D eigenvalue weighted by Gasteiger charge is -2.28. The van der Waals surface area contributed by atoms with Gasteiger partial charge in [0.05, 0.1) is 0 Å². The summed E-state index contributed by atoms with van der Waals surface area (Å²) in [6, 6.07) is 8.22. The molecule has 0 N–H and O–H groups in total. The van der Waals surface area contributed by atoms with Gasteiger partial charge in [-0.3, -0.25) is 9.59 Å². The Hall–Kier alpha value is -1.96. The molecule has 0 spiro atoms. The van der Waals surface area contributed by atoms with Crippen LogP contribution in [0.1, 0.15) is 94.0 Å². The van der Waals surface area contributed by atoms with Crippen molar-refractivity contribution in [1.29, 1.82) is 0 Å². The highest BCUT2D eigenvalue weighted by Gasteiger charge is 2.22. The van der Waals surface area contributed by atoms with Crippen molar-refractivity contribution < 1.29 is 9.59 Å². The van der Waals surface area contributed by atoms with Crippen LogP contribution >= 0.6 is 0 Å². The van der Waals surface area contributed by atoms with Crippen LogP contribution in [-0.4, -0.2) is 11.6 Å². The molecule has 0 saturated heterocycles. The predicted molar refractivity (Wildman–Crippen MR) is 111 cm³/mol. The number of carbonyl (C=O) groups is 2. The van der Waals surface area contributed by atoms with Gasteiger partial charge in [-0.1, -0.05) is 62.1 Å². The van der Waals surface area contributed by atoms with Crippen molar-refractivity contribution in [2.45, 2.75) is 78.1 Å². The van der Waals surface area contributed by atoms with Gasteiger partial charge in [0.1, 0.15) is 0 Å². The molecular formula is C25H32O2. The monoisotopic (exact) mass is 364 g/mol. The summed E-state index contributed by atoms with van der Waals surface area (Å²) in [6.45, 7) is 6.28. The van der Waals surface area contributed by atoms with Crippen LogP contribution in [0.5, 0.6) is 0 Å². The van der Waals surface area contributed by atoms with Gasteiger partial charge in [0.25, 0.3) is 0 Å². The summed E-state index contributed by atoms with van der Waals surface area (Å²) >= 11 is 0. The maximum Gasteiger partial charge on any atom is 0.163 e. The van der Waals surface area contributed by atoms with E-state index in [9.17, 15) is 9.59 Å². The van der Waals surface area contributed by atoms with Gasteiger partial charge < -0.3 is 0 Å². The fraction of sp³-hybridized carbons (Fsp3) is 0.520. The first-order valence-corrected chi connectivity index (χ1v) is 10.5. The Kier molecular flexibility index (Phi) is 6.46. The second-order valence-electron chi connectivity index (χ2n) is 8.48. The second kappa shape index (κ2) is 8.82. The van der Waals surface area contributed by atoms with Crippen LogP contribution in [0.25, 0.3) is 0 Å². The Balaban J connectivity index is 1.61. The van der Waals surface area contributed by atoms with Gasteiger partial charge >= 0.3 is 0 Å². The van der Waals surface area contributed by atoms with E-state index in [0.717, 1.165) is 28.2 Å². The molecule has 0 radical (unpaired) electrons. The Labute approximate surface area is 163 Å². The van der Waals surface area contributed by atoms with Crippen LogP contribution in [0.15, 0.2) is 47.1 Å². The molecule has 1 unspecified atom stereocenters. The van der Waals surface area contributed by atoms with Crippen LogP contribution in [0.4, 0.5) is 0 Å². The maximum atomic E-state index is 12.6. The van der Waals surface area contributed by atoms with E-state index in [1.54, 1.807) is 0 Å². The van der Waals surface area contributed by atoms with Gasteiger partial charge in [-0.15, -0.1) is 0 Å². The number of hydrogen-bond acceptors (Lipinski definition) is 2. The third-order valence-corrected chi connectivity index (χ3v) is 6.43. The van der Waals surface area contributed by atoms with E-state index in [4.69, 9.17) is 0 Å². The normalized spacial score (nSPS) is 19.8. The summed E-state index contributed by atoms with van der Waals surface area (Å²) < 4.78 is 0. The zero-order chi connectivity index (χ0) is 19.4. The van der Waals surface area contributed by atoms with E-state index in [1.807, 2.05) is 26.0 Å². The average Bonchev–Trinajstić information content (AvgIpc) is 2.67. The van der Waals surface area contributed by atoms with Crippen LogP contribution < -0.4 is 0 Å². The van der Waals surface area contributed by atoms with Crippen molar-refractivity contribution in [2.75, 3.05) is 0 Å². The molecule has 2 heteroatoms. The number of Topliss-reactive ketones (excluding diaryl/α,β-unsaturated/α-hetero) is 2. The lowest BCUT2D eigenvalue weighted by molar-refractivity contribution is -0.115. The molecule has 2 aliphatic carbocycles. The quantitative estimate of drug-likeness (QED) is 0.535. The zero-order valence-corrected chi connectivity index (χ0v) is 17.0. The van der Waals surface area contributed by atoms with Crippen LogP contribution in [0.2, 0.25) is 0 Å². The lowest BCUT2D eigenvalue weighted by atomic mass is 9.77. The fourth-order valence-corrected chi connectivity index (χ4v) is 4.69. The first-order valence-electron chi connectivity index (χ1n) is 10.5. The molecule has 1 aromatic carbocycles. The van der Waals surface area contributed by atoms with Crippen molar-refractivity contribution in [2.24, 2.45) is 5.92 Å². The number of hydrogen-bond donors (Lipinski definition) is 0. The van der Waals surface area contributed by atoms with E-state index in [-0.39, 0.29) is 11.6 Å². The first kappa shape index (κ1) is 19.8. The predicted octanol–water partition coefficient (Wildman–Crippen LogP) is 6.57. The van der Waals surface area contributed by atoms with E-state index in [2.05, 4.69) is 25.1 Å². The molecule has 2 aliphatic rings. The molecular weight excluding hydrogens is 332 g/mol. The van der Waals surface area contributed by atoms with Crippen LogP contribution in [0, 0.1) is 5.92 Å². The highest BCUT2D eigenvalue weighted by Crippen LogP contribution is 2.35. The Bertz CT molecular complexity index is 758. The van der Waals surface area contributed by atoms with Crippen LogP contribution in [0.3, 0.4) is 0 Å². The van der Waals surface area contributed by atoms with Crippen molar-refractivity contribution in [3.63, 3.8) is 0 Å². The molecule has 0 heterocycles. The van der Waals surface area contributed by atoms with Gasteiger partial charge in [0, 0.05) is 18.4 Å². The molecule has 1 aromatic rings. The zero-order valence-electron chi connectivity index (χ0n) is 17.0. The van der Waals surface area contributed by atoms with Crippen LogP contribution in [-0.2, 0) is 4.79 Å². The highest BCUT2D eigenvalue weighted by atomic mass is 16.1. The van der Waals surface area contributed by atoms with Crippen molar-refractivity contribution in [3.05, 3.63) is 58.2 Å². The molecule has 1 saturated carbocycles. The largest absolute Gasteiger partial charge is 0.294 e. The summed E-state index contributed by atoms with van der Waals surface area (Å²) in [7, 11) is 0. The smallest absolute Gasteiger partial charge is 0.163 e. The fourth-order valence-electron chi connectivity index (χ4n) is 4.69. The molecule has 0 aromatic heterocycles. The van der Waals surface area contributed by atoms with E-state index in [1.165, 1.54) is 37.7 Å². The van der Waals surface area contributed by atoms with E-state index >= 15 is 0 Å². The van der Waals surface area contributed by atoms with Gasteiger partial charge in [0.15, 0.2) is 11.6 Å². The first-order chi connectivity index (χ1) is 13.0. The summed E-state index contributed by atoms with van der Waals surface area (Å²) in [5.41, 5.74) is 5.07. The minimum Gasteiger partial charge on any atom is -0.294 e. The minimum atomic E-state index is 0.131. The topological polar surface area (TPSA) is 34.1 Å². The second-order valence-corrected chi connectivity index (χ2v) is 8.48. The minimum absolute atomic E-state index is 0.131. The summed E-state index contributed by atoms with van der Waals surface area (Å²) in [6.07, 6.45) is 10.3. The Morgan fingerprint density at radius 1 is 1.07 bits per heavy atom. The standard InChI is InChI=1S/C25H32O2/c1-17-15-18(2)23(25(27)16-17)13-14-24(26)22-11-9-21(10-12-22)19(3)20-7-5-4-6-8-20/h9-12,15,19-20H,4-8,13-14,16H2,1-3H3. The molecule has 3 rings (SSSR count). The van der Waals surface area contributed by atoms with Crippen molar-refractivity contribution >= 4 is 11.6 Å². The molecule has 0 bridgehead atoms. The van der Waals surface area contributed by atoms with Crippen molar-refractivity contribution in [1.82, 2.24) is 0 Å². The number of rotatable bonds is 6. The molecule has 2 nitrogen and oxygen atoms in total. The molecule has 144 valence electrons. The number of allylic oxidation sites excluding steroid dienone is 4. The molecule has 0 amide bonds. The van der Waals surface area contributed by atoms with E-state index < -0.39 is 0 Å². The summed E-state index contributed by atoms with van der Waals surface area (Å²) in [5.74, 6) is 1.66. The number of ketones is 2. The number of carbonyl (C=O) groups excluding carboxylic acids is 2. The van der Waals surface area contributed by atoms with Gasteiger partial charge in [-0.2, -0.15) is 0 Å². The van der Waals surface area contributed by atoms with Gasteiger partial charge in [-0.05, 0) is 61.7 Å². The SMILES string of the molecule is CC1=CC(C)=C(CCC(=O)c2ccc(C(C)C3CCCCC3)cc2)C(=O)C1. The number of benzene rings is 1. The average molecular weight is 365 g/mol. The van der Waals surface area contributed by atoms with Gasteiger partial charge in [-0.25, -0.2) is 0 Å². The van der Waals surface area contributed by atoms with Gasteiger partial charge in [0.2, 0.25) is 0 Å². The van der Waals surface area contributed by atoms with Crippen molar-refractivity contribution in [3.8, 4) is 0 Å². The Morgan fingerprint density at radius 2 is 1.74 bits per heavy atom. The maximum absolute atomic E-state index is 12.6. The molecule has 27 heavy (non-hydrogen) atoms. The summed E-state index contributed by atoms with van der Waals surface area (Å²) in [5, 5.41) is 0. The molecule has 0 aliphatic heterocycles. The molecule has 1 fully saturated rings. The van der Waals surface area contributed by atoms with E-state index in [0.29, 0.717) is 25.2 Å². The lowest BCUT2D eigenvalue weighted by Crippen LogP contribution is -2.14. The Morgan fingerprint density at radius 3 is 2.37 bits per heavy atom. The third kappa shape index (κ3) is 4.86.